The van der Waals surface area contributed by atoms with Gasteiger partial charge in [-0.3, -0.25) is 19.7 Å². The van der Waals surface area contributed by atoms with E-state index in [1.54, 1.807) is 35.4 Å². The summed E-state index contributed by atoms with van der Waals surface area (Å²) in [5, 5.41) is 9.76. The molecule has 2 aromatic rings. The highest BCUT2D eigenvalue weighted by molar-refractivity contribution is 5.93. The lowest BCUT2D eigenvalue weighted by Crippen LogP contribution is -2.38. The molecule has 0 bridgehead atoms. The highest BCUT2D eigenvalue weighted by Gasteiger charge is 2.29. The number of hydrogen-bond donors (Lipinski definition) is 2. The maximum absolute atomic E-state index is 12.3. The van der Waals surface area contributed by atoms with E-state index in [0.29, 0.717) is 24.5 Å². The van der Waals surface area contributed by atoms with Gasteiger partial charge in [-0.05, 0) is 31.0 Å². The average Bonchev–Trinajstić information content (AvgIpc) is 3.24. The van der Waals surface area contributed by atoms with Crippen LogP contribution in [0.5, 0.6) is 0 Å². The Kier molecular flexibility index (Phi) is 4.36. The molecule has 2 aromatic heterocycles. The van der Waals surface area contributed by atoms with Crippen LogP contribution in [0.2, 0.25) is 0 Å². The minimum atomic E-state index is -0.210. The molecule has 7 nitrogen and oxygen atoms in total. The monoisotopic (exact) mass is 313 g/mol. The van der Waals surface area contributed by atoms with Crippen LogP contribution in [0.15, 0.2) is 30.5 Å². The fraction of sp³-hybridized carbons (Fsp3) is 0.375. The van der Waals surface area contributed by atoms with Gasteiger partial charge in [0.15, 0.2) is 0 Å². The summed E-state index contributed by atoms with van der Waals surface area (Å²) in [5.41, 5.74) is 1.74. The zero-order valence-corrected chi connectivity index (χ0v) is 13.0. The molecule has 1 fully saturated rings. The molecule has 0 aromatic carbocycles. The van der Waals surface area contributed by atoms with E-state index in [2.05, 4.69) is 20.5 Å². The van der Waals surface area contributed by atoms with Crippen LogP contribution in [0, 0.1) is 0 Å². The number of rotatable bonds is 4. The predicted molar refractivity (Wildman–Crippen MR) is 84.0 cm³/mol. The van der Waals surface area contributed by atoms with Crippen molar-refractivity contribution in [3.8, 4) is 0 Å². The molecule has 1 unspecified atom stereocenters. The molecule has 0 aliphatic carbocycles. The quantitative estimate of drug-likeness (QED) is 0.881. The minimum Gasteiger partial charge on any atom is -0.346 e. The van der Waals surface area contributed by atoms with Crippen molar-refractivity contribution in [3.05, 3.63) is 47.5 Å². The Hall–Kier alpha value is -2.70. The summed E-state index contributed by atoms with van der Waals surface area (Å²) in [6, 6.07) is 6.96. The van der Waals surface area contributed by atoms with Crippen molar-refractivity contribution in [2.24, 2.45) is 0 Å². The summed E-state index contributed by atoms with van der Waals surface area (Å²) >= 11 is 0. The average molecular weight is 313 g/mol. The summed E-state index contributed by atoms with van der Waals surface area (Å²) in [6.07, 6.45) is 3.14. The number of amides is 2. The largest absolute Gasteiger partial charge is 0.346 e. The SMILES string of the molecule is CCc1cc(C(=O)NC2CCN(C(=O)c3ccccn3)C2)n[nH]1. The van der Waals surface area contributed by atoms with Crippen LogP contribution in [-0.2, 0) is 6.42 Å². The summed E-state index contributed by atoms with van der Waals surface area (Å²) in [7, 11) is 0. The molecular weight excluding hydrogens is 294 g/mol. The molecule has 3 heterocycles. The number of nitrogens with zero attached hydrogens (tertiary/aromatic N) is 3. The van der Waals surface area contributed by atoms with Gasteiger partial charge in [-0.2, -0.15) is 5.10 Å². The Balaban J connectivity index is 1.57. The van der Waals surface area contributed by atoms with Crippen molar-refractivity contribution in [2.75, 3.05) is 13.1 Å². The number of aromatic amines is 1. The minimum absolute atomic E-state index is 0.0584. The maximum Gasteiger partial charge on any atom is 0.272 e. The third-order valence-electron chi connectivity index (χ3n) is 3.94. The summed E-state index contributed by atoms with van der Waals surface area (Å²) in [6.45, 7) is 3.10. The van der Waals surface area contributed by atoms with E-state index in [1.807, 2.05) is 6.92 Å². The van der Waals surface area contributed by atoms with Crippen LogP contribution < -0.4 is 5.32 Å². The van der Waals surface area contributed by atoms with E-state index in [4.69, 9.17) is 0 Å². The zero-order chi connectivity index (χ0) is 16.2. The number of nitrogens with one attached hydrogen (secondary N) is 2. The Morgan fingerprint density at radius 1 is 1.39 bits per heavy atom. The molecule has 23 heavy (non-hydrogen) atoms. The molecule has 1 aliphatic heterocycles. The zero-order valence-electron chi connectivity index (χ0n) is 13.0. The second kappa shape index (κ2) is 6.60. The Morgan fingerprint density at radius 2 is 2.26 bits per heavy atom. The summed E-state index contributed by atoms with van der Waals surface area (Å²) in [4.78, 5) is 30.3. The lowest BCUT2D eigenvalue weighted by Gasteiger charge is -2.16. The van der Waals surface area contributed by atoms with Crippen LogP contribution in [0.25, 0.3) is 0 Å². The van der Waals surface area contributed by atoms with Crippen LogP contribution in [0.4, 0.5) is 0 Å². The van der Waals surface area contributed by atoms with Crippen LogP contribution in [0.1, 0.15) is 40.0 Å². The molecule has 3 rings (SSSR count). The van der Waals surface area contributed by atoms with E-state index in [-0.39, 0.29) is 17.9 Å². The molecule has 0 spiro atoms. The predicted octanol–water partition coefficient (Wildman–Crippen LogP) is 1.01. The topological polar surface area (TPSA) is 91.0 Å². The summed E-state index contributed by atoms with van der Waals surface area (Å²) in [5.74, 6) is -0.312. The van der Waals surface area contributed by atoms with E-state index < -0.39 is 0 Å². The molecule has 1 aliphatic rings. The number of aryl methyl sites for hydroxylation is 1. The number of carbonyl (C=O) groups excluding carboxylic acids is 2. The molecule has 0 saturated carbocycles. The van der Waals surface area contributed by atoms with Crippen molar-refractivity contribution in [2.45, 2.75) is 25.8 Å². The molecule has 120 valence electrons. The van der Waals surface area contributed by atoms with E-state index >= 15 is 0 Å². The molecular formula is C16H19N5O2. The standard InChI is InChI=1S/C16H19N5O2/c1-2-11-9-14(20-19-11)15(22)18-12-6-8-21(10-12)16(23)13-5-3-4-7-17-13/h3-5,7,9,12H,2,6,8,10H2,1H3,(H,18,22)(H,19,20). The summed E-state index contributed by atoms with van der Waals surface area (Å²) < 4.78 is 0. The molecule has 1 saturated heterocycles. The fourth-order valence-corrected chi connectivity index (χ4v) is 2.63. The number of carbonyl (C=O) groups is 2. The molecule has 7 heteroatoms. The van der Waals surface area contributed by atoms with Gasteiger partial charge in [0.1, 0.15) is 11.4 Å². The molecule has 2 N–H and O–H groups in total. The van der Waals surface area contributed by atoms with Gasteiger partial charge < -0.3 is 10.2 Å². The first-order valence-electron chi connectivity index (χ1n) is 7.73. The number of likely N-dealkylation sites (tertiary alicyclic amines) is 1. The Bertz CT molecular complexity index is 698. The first-order chi connectivity index (χ1) is 11.2. The van der Waals surface area contributed by atoms with E-state index in [1.165, 1.54) is 0 Å². The van der Waals surface area contributed by atoms with Crippen LogP contribution >= 0.6 is 0 Å². The molecule has 1 atom stereocenters. The van der Waals surface area contributed by atoms with Gasteiger partial charge in [0.25, 0.3) is 11.8 Å². The van der Waals surface area contributed by atoms with Gasteiger partial charge in [-0.25, -0.2) is 0 Å². The number of pyridine rings is 1. The second-order valence-electron chi connectivity index (χ2n) is 5.56. The first kappa shape index (κ1) is 15.2. The lowest BCUT2D eigenvalue weighted by atomic mass is 10.2. The molecule has 0 radical (unpaired) electrons. The van der Waals surface area contributed by atoms with E-state index in [0.717, 1.165) is 18.5 Å². The van der Waals surface area contributed by atoms with Crippen molar-refractivity contribution in [1.29, 1.82) is 0 Å². The number of aromatic nitrogens is 3. The van der Waals surface area contributed by atoms with Gasteiger partial charge in [-0.15, -0.1) is 0 Å². The van der Waals surface area contributed by atoms with Crippen molar-refractivity contribution in [1.82, 2.24) is 25.4 Å². The lowest BCUT2D eigenvalue weighted by molar-refractivity contribution is 0.0777. The number of H-pyrrole nitrogens is 1. The van der Waals surface area contributed by atoms with Gasteiger partial charge in [0.2, 0.25) is 0 Å². The van der Waals surface area contributed by atoms with Crippen molar-refractivity contribution >= 4 is 11.8 Å². The second-order valence-corrected chi connectivity index (χ2v) is 5.56. The normalized spacial score (nSPS) is 17.3. The van der Waals surface area contributed by atoms with Crippen molar-refractivity contribution < 1.29 is 9.59 Å². The van der Waals surface area contributed by atoms with Gasteiger partial charge in [-0.1, -0.05) is 13.0 Å². The Labute approximate surface area is 134 Å². The van der Waals surface area contributed by atoms with E-state index in [9.17, 15) is 9.59 Å². The fourth-order valence-electron chi connectivity index (χ4n) is 2.63. The molecule has 2 amide bonds. The smallest absolute Gasteiger partial charge is 0.272 e. The Morgan fingerprint density at radius 3 is 2.96 bits per heavy atom. The maximum atomic E-state index is 12.3. The third kappa shape index (κ3) is 3.39. The highest BCUT2D eigenvalue weighted by atomic mass is 16.2. The van der Waals surface area contributed by atoms with Gasteiger partial charge in [0, 0.05) is 31.0 Å². The van der Waals surface area contributed by atoms with Crippen molar-refractivity contribution in [3.63, 3.8) is 0 Å². The highest BCUT2D eigenvalue weighted by Crippen LogP contribution is 2.13. The third-order valence-corrected chi connectivity index (χ3v) is 3.94. The van der Waals surface area contributed by atoms with Crippen LogP contribution in [-0.4, -0.2) is 51.0 Å². The van der Waals surface area contributed by atoms with Crippen LogP contribution in [0.3, 0.4) is 0 Å². The van der Waals surface area contributed by atoms with Gasteiger partial charge >= 0.3 is 0 Å². The van der Waals surface area contributed by atoms with Gasteiger partial charge in [0.05, 0.1) is 0 Å². The number of hydrogen-bond acceptors (Lipinski definition) is 4. The first-order valence-corrected chi connectivity index (χ1v) is 7.73.